The summed E-state index contributed by atoms with van der Waals surface area (Å²) >= 11 is 0. The van der Waals surface area contributed by atoms with Gasteiger partial charge in [-0.05, 0) is 24.6 Å². The smallest absolute Gasteiger partial charge is 0.323 e. The molecule has 0 fully saturated rings. The number of nitrogens with one attached hydrogen (secondary N) is 3. The Labute approximate surface area is 93.1 Å². The number of aromatic nitrogens is 2. The molecule has 5 heteroatoms. The molecule has 0 aliphatic rings. The van der Waals surface area contributed by atoms with Gasteiger partial charge >= 0.3 is 5.69 Å². The minimum Gasteiger partial charge on any atom is -0.327 e. The third kappa shape index (κ3) is 2.50. The third-order valence-electron chi connectivity index (χ3n) is 2.38. The highest BCUT2D eigenvalue weighted by Crippen LogP contribution is 2.09. The maximum Gasteiger partial charge on any atom is 0.323 e. The molecule has 0 radical (unpaired) electrons. The first-order chi connectivity index (χ1) is 7.65. The molecule has 0 bridgehead atoms. The van der Waals surface area contributed by atoms with Crippen molar-refractivity contribution < 1.29 is 0 Å². The van der Waals surface area contributed by atoms with E-state index in [4.69, 9.17) is 5.73 Å². The van der Waals surface area contributed by atoms with E-state index in [2.05, 4.69) is 15.3 Å². The van der Waals surface area contributed by atoms with Crippen LogP contribution in [0.15, 0.2) is 23.0 Å². The van der Waals surface area contributed by atoms with Gasteiger partial charge in [0.2, 0.25) is 0 Å². The Morgan fingerprint density at radius 3 is 2.88 bits per heavy atom. The van der Waals surface area contributed by atoms with Gasteiger partial charge in [-0.15, -0.1) is 0 Å². The fourth-order valence-electron chi connectivity index (χ4n) is 1.63. The molecule has 1 aromatic heterocycles. The Bertz CT molecular complexity index is 526. The van der Waals surface area contributed by atoms with Crippen molar-refractivity contribution in [3.8, 4) is 0 Å². The Kier molecular flexibility index (Phi) is 3.07. The summed E-state index contributed by atoms with van der Waals surface area (Å²) in [6.45, 7) is 3.49. The number of imidazole rings is 1. The summed E-state index contributed by atoms with van der Waals surface area (Å²) < 4.78 is 0. The minimum atomic E-state index is -0.171. The fourth-order valence-corrected chi connectivity index (χ4v) is 1.63. The van der Waals surface area contributed by atoms with Crippen LogP contribution in [0.4, 0.5) is 0 Å². The lowest BCUT2D eigenvalue weighted by atomic mass is 10.2. The summed E-state index contributed by atoms with van der Waals surface area (Å²) in [6.07, 6.45) is 0. The van der Waals surface area contributed by atoms with Crippen molar-refractivity contribution in [2.75, 3.05) is 6.54 Å². The van der Waals surface area contributed by atoms with Gasteiger partial charge in [0.15, 0.2) is 0 Å². The van der Waals surface area contributed by atoms with Crippen molar-refractivity contribution in [1.82, 2.24) is 15.3 Å². The lowest BCUT2D eigenvalue weighted by Crippen LogP contribution is -2.30. The highest BCUT2D eigenvalue weighted by Gasteiger charge is 2.00. The van der Waals surface area contributed by atoms with Crippen LogP contribution in [0, 0.1) is 0 Å². The van der Waals surface area contributed by atoms with E-state index in [1.807, 2.05) is 25.1 Å². The van der Waals surface area contributed by atoms with E-state index in [-0.39, 0.29) is 11.7 Å². The standard InChI is InChI=1S/C11H16N4O/c1-7(12)5-13-6-8-2-3-9-10(4-8)15-11(16)14-9/h2-4,7,13H,5-6,12H2,1H3,(H2,14,15,16). The number of hydrogen-bond donors (Lipinski definition) is 4. The fraction of sp³-hybridized carbons (Fsp3) is 0.364. The Morgan fingerprint density at radius 2 is 2.12 bits per heavy atom. The molecule has 2 rings (SSSR count). The second-order valence-corrected chi connectivity index (χ2v) is 4.07. The van der Waals surface area contributed by atoms with Gasteiger partial charge in [0.05, 0.1) is 11.0 Å². The summed E-state index contributed by atoms with van der Waals surface area (Å²) in [5.74, 6) is 0. The Morgan fingerprint density at radius 1 is 1.38 bits per heavy atom. The normalized spacial score (nSPS) is 13.1. The van der Waals surface area contributed by atoms with Crippen molar-refractivity contribution in [1.29, 1.82) is 0 Å². The molecule has 16 heavy (non-hydrogen) atoms. The highest BCUT2D eigenvalue weighted by atomic mass is 16.1. The van der Waals surface area contributed by atoms with Crippen molar-refractivity contribution in [3.05, 3.63) is 34.2 Å². The zero-order chi connectivity index (χ0) is 11.5. The van der Waals surface area contributed by atoms with E-state index in [0.29, 0.717) is 0 Å². The number of benzene rings is 1. The molecule has 0 aliphatic heterocycles. The molecule has 1 aromatic carbocycles. The molecule has 0 aliphatic carbocycles. The van der Waals surface area contributed by atoms with E-state index < -0.39 is 0 Å². The molecule has 5 N–H and O–H groups in total. The van der Waals surface area contributed by atoms with E-state index in [9.17, 15) is 4.79 Å². The molecule has 2 aromatic rings. The average Bonchev–Trinajstić information content (AvgIpc) is 2.56. The van der Waals surface area contributed by atoms with Crippen LogP contribution in [0.25, 0.3) is 11.0 Å². The zero-order valence-electron chi connectivity index (χ0n) is 9.21. The van der Waals surface area contributed by atoms with Crippen molar-refractivity contribution >= 4 is 11.0 Å². The lowest BCUT2D eigenvalue weighted by Gasteiger charge is -2.07. The zero-order valence-corrected chi connectivity index (χ0v) is 9.21. The van der Waals surface area contributed by atoms with E-state index in [1.165, 1.54) is 0 Å². The van der Waals surface area contributed by atoms with Gasteiger partial charge < -0.3 is 21.0 Å². The molecular weight excluding hydrogens is 204 g/mol. The third-order valence-corrected chi connectivity index (χ3v) is 2.38. The second-order valence-electron chi connectivity index (χ2n) is 4.07. The van der Waals surface area contributed by atoms with Crippen LogP contribution in [-0.4, -0.2) is 22.6 Å². The molecule has 1 heterocycles. The van der Waals surface area contributed by atoms with Crippen LogP contribution in [0.5, 0.6) is 0 Å². The minimum absolute atomic E-state index is 0.149. The lowest BCUT2D eigenvalue weighted by molar-refractivity contribution is 0.608. The van der Waals surface area contributed by atoms with Gasteiger partial charge in [-0.2, -0.15) is 0 Å². The van der Waals surface area contributed by atoms with E-state index in [1.54, 1.807) is 0 Å². The monoisotopic (exact) mass is 220 g/mol. The molecular formula is C11H16N4O. The largest absolute Gasteiger partial charge is 0.327 e. The van der Waals surface area contributed by atoms with Gasteiger partial charge in [-0.1, -0.05) is 6.07 Å². The van der Waals surface area contributed by atoms with Crippen LogP contribution in [0.2, 0.25) is 0 Å². The number of H-pyrrole nitrogens is 2. The van der Waals surface area contributed by atoms with Crippen LogP contribution in [0.1, 0.15) is 12.5 Å². The number of rotatable bonds is 4. The first-order valence-corrected chi connectivity index (χ1v) is 5.32. The predicted molar refractivity (Wildman–Crippen MR) is 64.3 cm³/mol. The SMILES string of the molecule is CC(N)CNCc1ccc2[nH]c(=O)[nH]c2c1. The maximum absolute atomic E-state index is 11.1. The molecule has 0 saturated heterocycles. The molecule has 0 spiro atoms. The van der Waals surface area contributed by atoms with Gasteiger partial charge in [0, 0.05) is 19.1 Å². The van der Waals surface area contributed by atoms with Crippen LogP contribution < -0.4 is 16.7 Å². The van der Waals surface area contributed by atoms with Gasteiger partial charge in [-0.25, -0.2) is 4.79 Å². The van der Waals surface area contributed by atoms with Gasteiger partial charge in [-0.3, -0.25) is 0 Å². The quantitative estimate of drug-likeness (QED) is 0.597. The summed E-state index contributed by atoms with van der Waals surface area (Å²) in [5, 5.41) is 3.25. The van der Waals surface area contributed by atoms with Crippen LogP contribution in [-0.2, 0) is 6.54 Å². The molecule has 1 atom stereocenters. The molecule has 86 valence electrons. The predicted octanol–water partition coefficient (Wildman–Crippen LogP) is 0.293. The summed E-state index contributed by atoms with van der Waals surface area (Å²) in [4.78, 5) is 16.5. The van der Waals surface area contributed by atoms with Crippen molar-refractivity contribution in [2.45, 2.75) is 19.5 Å². The number of nitrogens with two attached hydrogens (primary N) is 1. The average molecular weight is 220 g/mol. The summed E-state index contributed by atoms with van der Waals surface area (Å²) in [7, 11) is 0. The van der Waals surface area contributed by atoms with E-state index in [0.717, 1.165) is 29.7 Å². The first-order valence-electron chi connectivity index (χ1n) is 5.32. The number of aromatic amines is 2. The van der Waals surface area contributed by atoms with Crippen LogP contribution >= 0.6 is 0 Å². The Balaban J connectivity index is 2.10. The van der Waals surface area contributed by atoms with Crippen LogP contribution in [0.3, 0.4) is 0 Å². The first kappa shape index (κ1) is 10.9. The van der Waals surface area contributed by atoms with E-state index >= 15 is 0 Å². The van der Waals surface area contributed by atoms with Gasteiger partial charge in [0.1, 0.15) is 0 Å². The molecule has 1 unspecified atom stereocenters. The van der Waals surface area contributed by atoms with Gasteiger partial charge in [0.25, 0.3) is 0 Å². The highest BCUT2D eigenvalue weighted by molar-refractivity contribution is 5.74. The molecule has 5 nitrogen and oxygen atoms in total. The topological polar surface area (TPSA) is 86.7 Å². The summed E-state index contributed by atoms with van der Waals surface area (Å²) in [5.41, 5.74) is 8.27. The van der Waals surface area contributed by atoms with Crippen molar-refractivity contribution in [2.24, 2.45) is 5.73 Å². The maximum atomic E-state index is 11.1. The Hall–Kier alpha value is -1.59. The van der Waals surface area contributed by atoms with Crippen molar-refractivity contribution in [3.63, 3.8) is 0 Å². The second kappa shape index (κ2) is 4.51. The number of fused-ring (bicyclic) bond motifs is 1. The number of hydrogen-bond acceptors (Lipinski definition) is 3. The molecule has 0 amide bonds. The molecule has 0 saturated carbocycles. The summed E-state index contributed by atoms with van der Waals surface area (Å²) in [6, 6.07) is 5.99.